The molecule has 6 saturated heterocycles. The second kappa shape index (κ2) is 22.6. The number of aliphatic hydroxyl groups is 1. The van der Waals surface area contributed by atoms with E-state index in [9.17, 15) is 29.9 Å². The van der Waals surface area contributed by atoms with Gasteiger partial charge in [0.15, 0.2) is 17.4 Å². The number of aromatic nitrogens is 4. The maximum absolute atomic E-state index is 17.3. The van der Waals surface area contributed by atoms with Gasteiger partial charge in [-0.1, -0.05) is 56.3 Å². The van der Waals surface area contributed by atoms with Crippen molar-refractivity contribution in [2.24, 2.45) is 5.92 Å². The van der Waals surface area contributed by atoms with Crippen molar-refractivity contribution in [3.63, 3.8) is 0 Å². The highest BCUT2D eigenvalue weighted by molar-refractivity contribution is 6.02. The molecular weight excluding hydrogens is 1050 g/mol. The van der Waals surface area contributed by atoms with E-state index >= 15 is 4.39 Å². The van der Waals surface area contributed by atoms with E-state index in [-0.39, 0.29) is 78.5 Å². The third-order valence-corrected chi connectivity index (χ3v) is 18.1. The third kappa shape index (κ3) is 10.5. The number of aromatic hydroxyl groups is 1. The first-order valence-electron chi connectivity index (χ1n) is 29.1. The van der Waals surface area contributed by atoms with Gasteiger partial charge in [0, 0.05) is 88.2 Å². The van der Waals surface area contributed by atoms with Crippen LogP contribution in [0.25, 0.3) is 32.9 Å². The summed E-state index contributed by atoms with van der Waals surface area (Å²) in [4.78, 5) is 66.0. The van der Waals surface area contributed by atoms with Crippen LogP contribution in [0.4, 0.5) is 20.8 Å². The minimum atomic E-state index is -0.889. The number of rotatable bonds is 15. The Hall–Kier alpha value is -7.67. The molecule has 3 aromatic carbocycles. The summed E-state index contributed by atoms with van der Waals surface area (Å²) in [6.07, 6.45) is 6.77. The van der Waals surface area contributed by atoms with Crippen molar-refractivity contribution in [2.45, 2.75) is 127 Å². The van der Waals surface area contributed by atoms with Crippen LogP contribution in [0.3, 0.4) is 0 Å². The number of β-amino-alcohol motifs (C(OH)–C–C–N with tert-alkyl or cyclic N) is 1. The number of amides is 3. The normalized spacial score (nSPS) is 24.3. The van der Waals surface area contributed by atoms with Gasteiger partial charge in [0.25, 0.3) is 0 Å². The zero-order valence-electron chi connectivity index (χ0n) is 46.9. The van der Waals surface area contributed by atoms with Crippen LogP contribution < -0.4 is 25.2 Å². The van der Waals surface area contributed by atoms with Crippen molar-refractivity contribution in [3.05, 3.63) is 95.1 Å². The van der Waals surface area contributed by atoms with E-state index in [1.54, 1.807) is 53.6 Å². The smallest absolute Gasteiger partial charge is 0.409 e. The number of aliphatic hydroxyl groups excluding tert-OH is 1. The predicted molar refractivity (Wildman–Crippen MR) is 304 cm³/mol. The Balaban J connectivity index is 0.680. The number of fused-ring (bicyclic) bond motifs is 5. The van der Waals surface area contributed by atoms with Gasteiger partial charge in [0.1, 0.15) is 48.0 Å². The van der Waals surface area contributed by atoms with E-state index in [2.05, 4.69) is 38.6 Å². The van der Waals surface area contributed by atoms with Gasteiger partial charge in [-0.2, -0.15) is 15.2 Å². The van der Waals surface area contributed by atoms with Crippen molar-refractivity contribution in [1.82, 2.24) is 45.4 Å². The summed E-state index contributed by atoms with van der Waals surface area (Å²) in [7, 11) is 0. The van der Waals surface area contributed by atoms with Gasteiger partial charge in [-0.05, 0) is 110 Å². The first kappa shape index (κ1) is 54.9. The third-order valence-electron chi connectivity index (χ3n) is 18.1. The Kier molecular flexibility index (Phi) is 15.1. The zero-order valence-corrected chi connectivity index (χ0v) is 46.9. The number of hydrogen-bond donors (Lipinski definition) is 4. The van der Waals surface area contributed by atoms with Gasteiger partial charge in [-0.3, -0.25) is 19.5 Å². The number of nitrogens with zero attached hydrogens (tertiary/aromatic N) is 10. The maximum atomic E-state index is 17.3. The van der Waals surface area contributed by atoms with Crippen LogP contribution in [-0.2, 0) is 20.7 Å². The molecule has 2 bridgehead atoms. The maximum Gasteiger partial charge on any atom is 0.409 e. The summed E-state index contributed by atoms with van der Waals surface area (Å²) in [5, 5.41) is 43.9. The summed E-state index contributed by atoms with van der Waals surface area (Å²) in [6.45, 7) is 12.1. The highest BCUT2D eigenvalue weighted by Crippen LogP contribution is 2.44. The molecule has 6 aliphatic heterocycles. The lowest BCUT2D eigenvalue weighted by Crippen LogP contribution is -2.51. The lowest BCUT2D eigenvalue weighted by atomic mass is 9.91. The number of hydrogen-bond acceptors (Lipinski definition) is 17. The van der Waals surface area contributed by atoms with Gasteiger partial charge < -0.3 is 54.4 Å². The Morgan fingerprint density at radius 1 is 0.963 bits per heavy atom. The summed E-state index contributed by atoms with van der Waals surface area (Å²) in [6, 6.07) is 19.3. The van der Waals surface area contributed by atoms with Gasteiger partial charge in [-0.25, -0.2) is 9.18 Å². The van der Waals surface area contributed by atoms with E-state index in [0.717, 1.165) is 67.0 Å². The molecule has 8 atom stereocenters. The number of anilines is 2. The first-order valence-corrected chi connectivity index (χ1v) is 29.1. The topological polar surface area (TPSA) is 239 Å². The highest BCUT2D eigenvalue weighted by atomic mass is 19.1. The highest BCUT2D eigenvalue weighted by Gasteiger charge is 2.51. The van der Waals surface area contributed by atoms with Gasteiger partial charge in [-0.15, -0.1) is 0 Å². The number of likely N-dealkylation sites (tertiary alicyclic amines) is 1. The molecule has 2 unspecified atom stereocenters. The summed E-state index contributed by atoms with van der Waals surface area (Å²) >= 11 is 0. The molecule has 0 saturated carbocycles. The van der Waals surface area contributed by atoms with E-state index < -0.39 is 36.0 Å². The number of phenolic OH excluding ortho intramolecular Hbond substituents is 1. The number of halogens is 1. The van der Waals surface area contributed by atoms with Crippen molar-refractivity contribution >= 4 is 51.2 Å². The lowest BCUT2D eigenvalue weighted by molar-refractivity contribution is -0.141. The van der Waals surface area contributed by atoms with Gasteiger partial charge in [0.2, 0.25) is 11.8 Å². The van der Waals surface area contributed by atoms with Crippen molar-refractivity contribution in [3.8, 4) is 29.1 Å². The van der Waals surface area contributed by atoms with Crippen molar-refractivity contribution in [1.29, 1.82) is 5.26 Å². The van der Waals surface area contributed by atoms with Crippen LogP contribution >= 0.6 is 0 Å². The van der Waals surface area contributed by atoms with Crippen molar-refractivity contribution < 1.29 is 43.0 Å². The Bertz CT molecular complexity index is 3430. The molecule has 21 heteroatoms. The van der Waals surface area contributed by atoms with E-state index in [1.165, 1.54) is 4.90 Å². The van der Waals surface area contributed by atoms with Crippen LogP contribution in [0.5, 0.6) is 11.8 Å². The molecule has 3 aromatic heterocycles. The fourth-order valence-electron chi connectivity index (χ4n) is 13.9. The molecule has 4 N–H and O–H groups in total. The minimum absolute atomic E-state index is 0.00413. The molecule has 3 amide bonds. The quantitative estimate of drug-likeness (QED) is 0.0812. The van der Waals surface area contributed by atoms with Crippen LogP contribution in [-0.4, -0.2) is 164 Å². The number of carbonyl (C=O) groups is 3. The van der Waals surface area contributed by atoms with Crippen LogP contribution in [0, 0.1) is 23.1 Å². The fourth-order valence-corrected chi connectivity index (χ4v) is 13.9. The average molecular weight is 1120 g/mol. The predicted octanol–water partition coefficient (Wildman–Crippen LogP) is 6.97. The molecule has 9 heterocycles. The number of piperazine rings is 2. The number of pyridine rings is 1. The molecule has 0 radical (unpaired) electrons. The first-order chi connectivity index (χ1) is 39.7. The minimum Gasteiger partial charge on any atom is -0.508 e. The molecule has 430 valence electrons. The molecule has 6 aliphatic rings. The number of nitrogens with one attached hydrogen (secondary N) is 2. The molecular formula is C61H71FN12O8. The second-order valence-electron chi connectivity index (χ2n) is 23.6. The molecule has 12 rings (SSSR count). The number of phenols is 1. The van der Waals surface area contributed by atoms with E-state index in [1.807, 2.05) is 43.9 Å². The number of carbonyl (C=O) groups excluding carboxylic acids is 3. The monoisotopic (exact) mass is 1120 g/mol. The second-order valence-corrected chi connectivity index (χ2v) is 23.6. The standard InChI is InChI=1S/C61H71FN12O8/c1-5-38-8-6-9-40-24-44(75)25-46(52(38)40)54-53(62)55-47(29-64-54)56(72-30-41-14-15-42(31-72)66-41)68-59(67-55)81-34-61-17-7-19-74(61)43(16-18-61)33-80-60(79)71-22-20-70(21-23-71)50-27-49(82-69-50)51(35(2)3)58(78)73-32-45(76)26-48(73)57(77)65-36(4)39-12-10-37(28-63)11-13-39/h6,8-13,24-25,27,29,35-36,41-43,45,48,51,66,75-76H,5,7,14-23,26,30-34H2,1-4H3,(H,65,77)/t36-,41?,42?,43-,45+,48-,51+,61+/m0/s1. The lowest BCUT2D eigenvalue weighted by Gasteiger charge is -2.36. The number of nitriles is 1. The van der Waals surface area contributed by atoms with E-state index in [4.69, 9.17) is 28.9 Å². The summed E-state index contributed by atoms with van der Waals surface area (Å²) in [5.74, 6) is -0.820. The molecule has 20 nitrogen and oxygen atoms in total. The van der Waals surface area contributed by atoms with Gasteiger partial charge >= 0.3 is 12.1 Å². The largest absolute Gasteiger partial charge is 0.508 e. The van der Waals surface area contributed by atoms with Crippen molar-refractivity contribution in [2.75, 3.05) is 75.4 Å². The molecule has 6 aromatic rings. The Morgan fingerprint density at radius 2 is 1.74 bits per heavy atom. The average Bonchev–Trinajstić information content (AvgIpc) is 4.42. The summed E-state index contributed by atoms with van der Waals surface area (Å²) in [5.41, 5.74) is 2.70. The van der Waals surface area contributed by atoms with Crippen LogP contribution in [0.1, 0.15) is 107 Å². The van der Waals surface area contributed by atoms with E-state index in [0.29, 0.717) is 91.7 Å². The Morgan fingerprint density at radius 3 is 2.49 bits per heavy atom. The molecule has 82 heavy (non-hydrogen) atoms. The zero-order chi connectivity index (χ0) is 57.0. The Labute approximate surface area is 475 Å². The van der Waals surface area contributed by atoms with Crippen LogP contribution in [0.2, 0.25) is 0 Å². The molecule has 0 aliphatic carbocycles. The SMILES string of the molecule is CCc1cccc2cc(O)cc(-c3ncc4c(N5CC6CCC(C5)N6)nc(OC[C@]56CCCN5[C@H](COC(=O)N5CCN(c7cc([C@H](C(=O)N8C[C@H](O)C[C@H]8C(=O)N[C@@H](C)c8ccc(C#N)cc8)C(C)C)on7)CC5)CC6)nc4c3F)c12. The number of ether oxygens (including phenoxy) is 2. The molecule has 0 spiro atoms. The van der Waals surface area contributed by atoms with Gasteiger partial charge in [0.05, 0.1) is 34.7 Å². The fraction of sp³-hybridized carbons (Fsp3) is 0.508. The number of aryl methyl sites for hydroxylation is 1. The van der Waals surface area contributed by atoms with Crippen LogP contribution in [0.15, 0.2) is 71.4 Å². The summed E-state index contributed by atoms with van der Waals surface area (Å²) < 4.78 is 35.9. The molecule has 6 fully saturated rings. The number of benzene rings is 3.